The van der Waals surface area contributed by atoms with Crippen LogP contribution in [0.3, 0.4) is 0 Å². The molecule has 0 saturated carbocycles. The molecule has 30 heavy (non-hydrogen) atoms. The number of pyridine rings is 1. The Bertz CT molecular complexity index is 1160. The van der Waals surface area contributed by atoms with Crippen molar-refractivity contribution in [2.75, 3.05) is 11.1 Å². The van der Waals surface area contributed by atoms with Gasteiger partial charge in [0.2, 0.25) is 0 Å². The molecule has 1 heterocycles. The number of carbonyl (C=O) groups is 1. The molecule has 1 atom stereocenters. The number of aliphatic hydroxyl groups is 1. The second kappa shape index (κ2) is 9.43. The van der Waals surface area contributed by atoms with Crippen LogP contribution in [0.4, 0.5) is 5.69 Å². The van der Waals surface area contributed by atoms with Gasteiger partial charge < -0.3 is 10.4 Å². The zero-order valence-corrected chi connectivity index (χ0v) is 18.4. The van der Waals surface area contributed by atoms with E-state index in [2.05, 4.69) is 26.2 Å². The molecule has 0 saturated heterocycles. The lowest BCUT2D eigenvalue weighted by Gasteiger charge is -2.11. The van der Waals surface area contributed by atoms with E-state index in [-0.39, 0.29) is 5.91 Å². The topological polar surface area (TPSA) is 62.2 Å². The molecule has 0 aliphatic carbocycles. The van der Waals surface area contributed by atoms with Crippen LogP contribution in [0.15, 0.2) is 94.6 Å². The van der Waals surface area contributed by atoms with Crippen LogP contribution in [0.1, 0.15) is 22.0 Å². The molecule has 0 aliphatic rings. The maximum absolute atomic E-state index is 12.6. The van der Waals surface area contributed by atoms with Gasteiger partial charge in [0.1, 0.15) is 0 Å². The predicted octanol–water partition coefficient (Wildman–Crippen LogP) is 6.08. The molecule has 0 fully saturated rings. The molecular weight excluding hydrogens is 460 g/mol. The smallest absolute Gasteiger partial charge is 0.255 e. The molecule has 6 heteroatoms. The SMILES string of the molecule is O=C(Nc1ccc2cnccc2c1)c1ccc(SCC(O)c2ccc(Br)cc2)cc1. The minimum Gasteiger partial charge on any atom is -0.388 e. The highest BCUT2D eigenvalue weighted by molar-refractivity contribution is 9.10. The Morgan fingerprint density at radius 2 is 1.77 bits per heavy atom. The minimum atomic E-state index is -0.547. The third-order valence-electron chi connectivity index (χ3n) is 4.68. The molecule has 0 bridgehead atoms. The van der Waals surface area contributed by atoms with Gasteiger partial charge in [-0.1, -0.05) is 34.1 Å². The van der Waals surface area contributed by atoms with E-state index in [1.165, 1.54) is 0 Å². The standard InChI is InChI=1S/C24H19BrN2O2S/c25-20-6-1-16(2-7-20)23(28)15-30-22-9-4-17(5-10-22)24(29)27-21-8-3-19-14-26-12-11-18(19)13-21/h1-14,23,28H,15H2,(H,27,29). The number of aliphatic hydroxyl groups excluding tert-OH is 1. The second-order valence-corrected chi connectivity index (χ2v) is 8.80. The molecule has 0 aliphatic heterocycles. The minimum absolute atomic E-state index is 0.158. The summed E-state index contributed by atoms with van der Waals surface area (Å²) in [6.45, 7) is 0. The number of carbonyl (C=O) groups excluding carboxylic acids is 1. The fraction of sp³-hybridized carbons (Fsp3) is 0.0833. The van der Waals surface area contributed by atoms with Gasteiger partial charge in [0.05, 0.1) is 6.10 Å². The van der Waals surface area contributed by atoms with E-state index >= 15 is 0 Å². The quantitative estimate of drug-likeness (QED) is 0.329. The third-order valence-corrected chi connectivity index (χ3v) is 6.29. The van der Waals surface area contributed by atoms with Crippen LogP contribution in [0.2, 0.25) is 0 Å². The van der Waals surface area contributed by atoms with Crippen molar-refractivity contribution >= 4 is 50.1 Å². The molecule has 1 unspecified atom stereocenters. The first kappa shape index (κ1) is 20.6. The Morgan fingerprint density at radius 3 is 2.53 bits per heavy atom. The number of amides is 1. The van der Waals surface area contributed by atoms with E-state index in [4.69, 9.17) is 0 Å². The summed E-state index contributed by atoms with van der Waals surface area (Å²) in [6, 6.07) is 22.7. The van der Waals surface area contributed by atoms with Crippen LogP contribution in [-0.4, -0.2) is 21.8 Å². The zero-order valence-electron chi connectivity index (χ0n) is 16.0. The summed E-state index contributed by atoms with van der Waals surface area (Å²) in [5.74, 6) is 0.383. The van der Waals surface area contributed by atoms with Crippen molar-refractivity contribution in [3.05, 3.63) is 101 Å². The first-order chi connectivity index (χ1) is 14.6. The van der Waals surface area contributed by atoms with Crippen LogP contribution >= 0.6 is 27.7 Å². The lowest BCUT2D eigenvalue weighted by atomic mass is 10.1. The molecular formula is C24H19BrN2O2S. The average molecular weight is 479 g/mol. The van der Waals surface area contributed by atoms with Gasteiger partial charge in [-0.3, -0.25) is 9.78 Å². The number of benzene rings is 3. The van der Waals surface area contributed by atoms with Gasteiger partial charge in [0.15, 0.2) is 0 Å². The zero-order chi connectivity index (χ0) is 20.9. The molecule has 0 spiro atoms. The summed E-state index contributed by atoms with van der Waals surface area (Å²) in [6.07, 6.45) is 2.98. The van der Waals surface area contributed by atoms with Gasteiger partial charge in [0.25, 0.3) is 5.91 Å². The van der Waals surface area contributed by atoms with Gasteiger partial charge in [-0.25, -0.2) is 0 Å². The van der Waals surface area contributed by atoms with Crippen molar-refractivity contribution in [2.24, 2.45) is 0 Å². The van der Waals surface area contributed by atoms with E-state index < -0.39 is 6.10 Å². The molecule has 1 amide bonds. The number of hydrogen-bond acceptors (Lipinski definition) is 4. The van der Waals surface area contributed by atoms with Crippen molar-refractivity contribution in [1.29, 1.82) is 0 Å². The Kier molecular flexibility index (Phi) is 6.47. The van der Waals surface area contributed by atoms with Gasteiger partial charge >= 0.3 is 0 Å². The molecule has 150 valence electrons. The molecule has 4 rings (SSSR count). The Morgan fingerprint density at radius 1 is 1.00 bits per heavy atom. The lowest BCUT2D eigenvalue weighted by molar-refractivity contribution is 0.102. The number of nitrogens with zero attached hydrogens (tertiary/aromatic N) is 1. The first-order valence-corrected chi connectivity index (χ1v) is 11.2. The maximum Gasteiger partial charge on any atom is 0.255 e. The van der Waals surface area contributed by atoms with Crippen molar-refractivity contribution < 1.29 is 9.90 Å². The number of hydrogen-bond donors (Lipinski definition) is 2. The summed E-state index contributed by atoms with van der Waals surface area (Å²) >= 11 is 4.95. The Hall–Kier alpha value is -2.67. The molecule has 3 aromatic carbocycles. The normalized spacial score (nSPS) is 11.9. The number of thioether (sulfide) groups is 1. The highest BCUT2D eigenvalue weighted by Gasteiger charge is 2.10. The molecule has 4 aromatic rings. The monoisotopic (exact) mass is 478 g/mol. The fourth-order valence-electron chi connectivity index (χ4n) is 3.02. The van der Waals surface area contributed by atoms with E-state index in [9.17, 15) is 9.90 Å². The van der Waals surface area contributed by atoms with Crippen molar-refractivity contribution in [3.63, 3.8) is 0 Å². The van der Waals surface area contributed by atoms with Crippen molar-refractivity contribution in [2.45, 2.75) is 11.0 Å². The van der Waals surface area contributed by atoms with Crippen molar-refractivity contribution in [1.82, 2.24) is 4.98 Å². The highest BCUT2D eigenvalue weighted by atomic mass is 79.9. The Labute approximate surface area is 187 Å². The van der Waals surface area contributed by atoms with Crippen molar-refractivity contribution in [3.8, 4) is 0 Å². The summed E-state index contributed by atoms with van der Waals surface area (Å²) in [4.78, 5) is 17.7. The van der Waals surface area contributed by atoms with Crippen LogP contribution in [-0.2, 0) is 0 Å². The third kappa shape index (κ3) is 5.08. The number of fused-ring (bicyclic) bond motifs is 1. The highest BCUT2D eigenvalue weighted by Crippen LogP contribution is 2.26. The van der Waals surface area contributed by atoms with Crippen LogP contribution in [0.5, 0.6) is 0 Å². The fourth-order valence-corrected chi connectivity index (χ4v) is 4.16. The summed E-state index contributed by atoms with van der Waals surface area (Å²) < 4.78 is 0.987. The largest absolute Gasteiger partial charge is 0.388 e. The van der Waals surface area contributed by atoms with E-state index in [0.29, 0.717) is 11.3 Å². The van der Waals surface area contributed by atoms with E-state index in [0.717, 1.165) is 31.4 Å². The number of aromatic nitrogens is 1. The summed E-state index contributed by atoms with van der Waals surface area (Å²) in [5, 5.41) is 15.3. The molecule has 4 nitrogen and oxygen atoms in total. The number of anilines is 1. The number of nitrogens with one attached hydrogen (secondary N) is 1. The summed E-state index contributed by atoms with van der Waals surface area (Å²) in [5.41, 5.74) is 2.21. The number of halogens is 1. The van der Waals surface area contributed by atoms with Gasteiger partial charge in [-0.15, -0.1) is 11.8 Å². The lowest BCUT2D eigenvalue weighted by Crippen LogP contribution is -2.11. The molecule has 1 aromatic heterocycles. The second-order valence-electron chi connectivity index (χ2n) is 6.79. The van der Waals surface area contributed by atoms with Crippen LogP contribution in [0, 0.1) is 0 Å². The first-order valence-electron chi connectivity index (χ1n) is 9.40. The summed E-state index contributed by atoms with van der Waals surface area (Å²) in [7, 11) is 0. The predicted molar refractivity (Wildman–Crippen MR) is 126 cm³/mol. The maximum atomic E-state index is 12.6. The molecule has 0 radical (unpaired) electrons. The van der Waals surface area contributed by atoms with Gasteiger partial charge in [-0.2, -0.15) is 0 Å². The Balaban J connectivity index is 1.36. The van der Waals surface area contributed by atoms with Crippen LogP contribution in [0.25, 0.3) is 10.8 Å². The van der Waals surface area contributed by atoms with Gasteiger partial charge in [-0.05, 0) is 65.5 Å². The van der Waals surface area contributed by atoms with Crippen LogP contribution < -0.4 is 5.32 Å². The molecule has 2 N–H and O–H groups in total. The average Bonchev–Trinajstić information content (AvgIpc) is 2.78. The van der Waals surface area contributed by atoms with E-state index in [1.54, 1.807) is 36.3 Å². The van der Waals surface area contributed by atoms with Gasteiger partial charge in [0, 0.05) is 44.2 Å². The van der Waals surface area contributed by atoms with E-state index in [1.807, 2.05) is 60.7 Å². The number of rotatable bonds is 6.